The van der Waals surface area contributed by atoms with E-state index < -0.39 is 0 Å². The normalized spacial score (nSPS) is 32.6. The Hall–Kier alpha value is 0.960. The lowest BCUT2D eigenvalue weighted by Crippen LogP contribution is -1.94. The van der Waals surface area contributed by atoms with Crippen LogP contribution in [-0.4, -0.2) is 3.23 Å². The standard InChI is InChI=1S/C5H7Br2/c1-4(2)3-5(4,6)7/h3H,1-2H3. The molecule has 0 spiro atoms. The molecule has 0 N–H and O–H groups in total. The van der Waals surface area contributed by atoms with E-state index in [-0.39, 0.29) is 3.23 Å². The van der Waals surface area contributed by atoms with Crippen molar-refractivity contribution in [2.75, 3.05) is 0 Å². The van der Waals surface area contributed by atoms with Crippen LogP contribution < -0.4 is 0 Å². The van der Waals surface area contributed by atoms with Crippen LogP contribution in [0.15, 0.2) is 0 Å². The van der Waals surface area contributed by atoms with E-state index in [9.17, 15) is 0 Å². The van der Waals surface area contributed by atoms with Crippen molar-refractivity contribution in [3.8, 4) is 0 Å². The summed E-state index contributed by atoms with van der Waals surface area (Å²) in [5, 5.41) is 0. The lowest BCUT2D eigenvalue weighted by molar-refractivity contribution is 0.683. The van der Waals surface area contributed by atoms with Gasteiger partial charge in [-0.2, -0.15) is 0 Å². The van der Waals surface area contributed by atoms with E-state index in [0.717, 1.165) is 0 Å². The van der Waals surface area contributed by atoms with Gasteiger partial charge in [0.2, 0.25) is 0 Å². The summed E-state index contributed by atoms with van der Waals surface area (Å²) in [5.74, 6) is 0. The Morgan fingerprint density at radius 3 is 1.43 bits per heavy atom. The lowest BCUT2D eigenvalue weighted by atomic mass is 10.2. The summed E-state index contributed by atoms with van der Waals surface area (Å²) in [6.07, 6.45) is 2.21. The molecule has 0 aromatic heterocycles. The number of hydrogen-bond acceptors (Lipinski definition) is 0. The third-order valence-corrected chi connectivity index (χ3v) is 3.82. The molecule has 0 aromatic rings. The Morgan fingerprint density at radius 2 is 1.43 bits per heavy atom. The fourth-order valence-electron chi connectivity index (χ4n) is 0.417. The van der Waals surface area contributed by atoms with Gasteiger partial charge < -0.3 is 0 Å². The maximum atomic E-state index is 3.47. The van der Waals surface area contributed by atoms with Crippen molar-refractivity contribution in [1.29, 1.82) is 0 Å². The molecule has 7 heavy (non-hydrogen) atoms. The number of hydrogen-bond donors (Lipinski definition) is 0. The van der Waals surface area contributed by atoms with Gasteiger partial charge in [-0.05, 0) is 11.8 Å². The first-order valence-corrected chi connectivity index (χ1v) is 3.79. The Bertz CT molecular complexity index is 82.3. The smallest absolute Gasteiger partial charge is 0.0718 e. The summed E-state index contributed by atoms with van der Waals surface area (Å²) < 4.78 is 0.146. The molecule has 0 aromatic carbocycles. The molecule has 0 saturated heterocycles. The molecule has 0 heterocycles. The summed E-state index contributed by atoms with van der Waals surface area (Å²) in [4.78, 5) is 0. The fourth-order valence-corrected chi connectivity index (χ4v) is 1.56. The molecule has 41 valence electrons. The van der Waals surface area contributed by atoms with Crippen molar-refractivity contribution in [1.82, 2.24) is 0 Å². The monoisotopic (exact) mass is 225 g/mol. The van der Waals surface area contributed by atoms with Crippen molar-refractivity contribution >= 4 is 31.9 Å². The highest BCUT2D eigenvalue weighted by atomic mass is 79.9. The first-order chi connectivity index (χ1) is 2.96. The second-order valence-electron chi connectivity index (χ2n) is 2.49. The predicted octanol–water partition coefficient (Wildman–Crippen LogP) is 2.72. The van der Waals surface area contributed by atoms with E-state index >= 15 is 0 Å². The highest BCUT2D eigenvalue weighted by Crippen LogP contribution is 2.64. The van der Waals surface area contributed by atoms with Gasteiger partial charge in [-0.1, -0.05) is 45.7 Å². The lowest BCUT2D eigenvalue weighted by Gasteiger charge is -1.99. The third kappa shape index (κ3) is 0.879. The van der Waals surface area contributed by atoms with Crippen molar-refractivity contribution in [2.45, 2.75) is 17.1 Å². The maximum absolute atomic E-state index is 3.47. The zero-order valence-corrected chi connectivity index (χ0v) is 7.51. The quantitative estimate of drug-likeness (QED) is 0.558. The maximum Gasteiger partial charge on any atom is 0.0897 e. The van der Waals surface area contributed by atoms with Gasteiger partial charge in [-0.25, -0.2) is 0 Å². The van der Waals surface area contributed by atoms with E-state index in [1.54, 1.807) is 0 Å². The zero-order chi connectivity index (χ0) is 5.71. The Labute approximate surface area is 60.9 Å². The molecule has 1 aliphatic carbocycles. The summed E-state index contributed by atoms with van der Waals surface area (Å²) in [5.41, 5.74) is 0.354. The van der Waals surface area contributed by atoms with Gasteiger partial charge in [-0.3, -0.25) is 0 Å². The van der Waals surface area contributed by atoms with E-state index in [1.807, 2.05) is 0 Å². The molecule has 0 aliphatic heterocycles. The average molecular weight is 227 g/mol. The van der Waals surface area contributed by atoms with Gasteiger partial charge >= 0.3 is 0 Å². The van der Waals surface area contributed by atoms with Crippen molar-refractivity contribution in [3.05, 3.63) is 6.42 Å². The van der Waals surface area contributed by atoms with Crippen molar-refractivity contribution in [2.24, 2.45) is 5.41 Å². The highest BCUT2D eigenvalue weighted by Gasteiger charge is 2.58. The minimum Gasteiger partial charge on any atom is -0.0718 e. The number of halogens is 2. The van der Waals surface area contributed by atoms with E-state index in [4.69, 9.17) is 0 Å². The van der Waals surface area contributed by atoms with E-state index in [0.29, 0.717) is 5.41 Å². The molecule has 1 rings (SSSR count). The average Bonchev–Trinajstić information content (AvgIpc) is 1.63. The SMILES string of the molecule is CC1(C)[CH]C1(Br)Br. The topological polar surface area (TPSA) is 0 Å². The van der Waals surface area contributed by atoms with Crippen LogP contribution in [0.5, 0.6) is 0 Å². The third-order valence-electron chi connectivity index (χ3n) is 1.32. The van der Waals surface area contributed by atoms with Crippen LogP contribution in [0.1, 0.15) is 13.8 Å². The Kier molecular flexibility index (Phi) is 1.10. The number of alkyl halides is 2. The van der Waals surface area contributed by atoms with Crippen LogP contribution in [0.25, 0.3) is 0 Å². The second-order valence-corrected chi connectivity index (χ2v) is 6.05. The Morgan fingerprint density at radius 1 is 1.29 bits per heavy atom. The van der Waals surface area contributed by atoms with Gasteiger partial charge in [0, 0.05) is 0 Å². The van der Waals surface area contributed by atoms with E-state index in [2.05, 4.69) is 52.1 Å². The van der Waals surface area contributed by atoms with Gasteiger partial charge in [-0.15, -0.1) is 0 Å². The molecule has 1 aliphatic rings. The zero-order valence-electron chi connectivity index (χ0n) is 4.33. The minimum absolute atomic E-state index is 0.146. The van der Waals surface area contributed by atoms with Crippen LogP contribution in [0.2, 0.25) is 0 Å². The summed E-state index contributed by atoms with van der Waals surface area (Å²) in [6.45, 7) is 4.35. The van der Waals surface area contributed by atoms with Crippen LogP contribution in [0, 0.1) is 11.8 Å². The largest absolute Gasteiger partial charge is 0.0897 e. The van der Waals surface area contributed by atoms with Crippen LogP contribution in [0.3, 0.4) is 0 Å². The highest BCUT2D eigenvalue weighted by molar-refractivity contribution is 9.25. The van der Waals surface area contributed by atoms with Crippen LogP contribution in [-0.2, 0) is 0 Å². The summed E-state index contributed by atoms with van der Waals surface area (Å²) in [6, 6.07) is 0. The number of rotatable bonds is 0. The van der Waals surface area contributed by atoms with Gasteiger partial charge in [0.1, 0.15) is 0 Å². The summed E-state index contributed by atoms with van der Waals surface area (Å²) >= 11 is 6.94. The molecule has 0 bridgehead atoms. The predicted molar refractivity (Wildman–Crippen MR) is 38.7 cm³/mol. The molecule has 0 unspecified atom stereocenters. The molecule has 0 amide bonds. The van der Waals surface area contributed by atoms with Gasteiger partial charge in [0.15, 0.2) is 0 Å². The first kappa shape index (κ1) is 6.09. The Balaban J connectivity index is 2.59. The van der Waals surface area contributed by atoms with E-state index in [1.165, 1.54) is 0 Å². The molecule has 0 atom stereocenters. The molecule has 1 radical (unpaired) electrons. The fraction of sp³-hybridized carbons (Fsp3) is 0.800. The van der Waals surface area contributed by atoms with Gasteiger partial charge in [0.05, 0.1) is 3.23 Å². The van der Waals surface area contributed by atoms with Crippen molar-refractivity contribution in [3.63, 3.8) is 0 Å². The minimum atomic E-state index is 0.146. The molecular weight excluding hydrogens is 220 g/mol. The molecule has 1 fully saturated rings. The summed E-state index contributed by atoms with van der Waals surface area (Å²) in [7, 11) is 0. The van der Waals surface area contributed by atoms with Crippen LogP contribution in [0.4, 0.5) is 0 Å². The first-order valence-electron chi connectivity index (χ1n) is 2.21. The van der Waals surface area contributed by atoms with Gasteiger partial charge in [0.25, 0.3) is 0 Å². The molecule has 1 saturated carbocycles. The molecule has 0 nitrogen and oxygen atoms in total. The van der Waals surface area contributed by atoms with Crippen LogP contribution >= 0.6 is 31.9 Å². The van der Waals surface area contributed by atoms with Crippen molar-refractivity contribution < 1.29 is 0 Å². The molecule has 2 heteroatoms. The second kappa shape index (κ2) is 1.27. The molecular formula is C5H7Br2.